The van der Waals surface area contributed by atoms with Crippen LogP contribution in [0.4, 0.5) is 0 Å². The maximum atomic E-state index is 9.56. The van der Waals surface area contributed by atoms with Gasteiger partial charge in [0.2, 0.25) is 0 Å². The molecule has 1 unspecified atom stereocenters. The number of benzene rings is 1. The Kier molecular flexibility index (Phi) is 4.98. The van der Waals surface area contributed by atoms with Gasteiger partial charge in [0.05, 0.1) is 23.6 Å². The van der Waals surface area contributed by atoms with Crippen molar-refractivity contribution in [1.82, 2.24) is 14.9 Å². The molecule has 0 spiro atoms. The summed E-state index contributed by atoms with van der Waals surface area (Å²) in [6, 6.07) is 10.6. The normalized spacial score (nSPS) is 14.0. The van der Waals surface area contributed by atoms with Gasteiger partial charge in [-0.05, 0) is 38.4 Å². The summed E-state index contributed by atoms with van der Waals surface area (Å²) in [6.07, 6.45) is 3.00. The minimum Gasteiger partial charge on any atom is -0.325 e. The molecule has 2 aromatic rings. The second kappa shape index (κ2) is 6.73. The van der Waals surface area contributed by atoms with Crippen molar-refractivity contribution in [3.05, 3.63) is 30.1 Å². The third-order valence-electron chi connectivity index (χ3n) is 3.69. The number of fused-ring (bicyclic) bond motifs is 1. The first-order valence-corrected chi connectivity index (χ1v) is 7.74. The molecule has 0 aliphatic carbocycles. The second-order valence-electron chi connectivity index (χ2n) is 5.72. The van der Waals surface area contributed by atoms with Gasteiger partial charge in [-0.3, -0.25) is 5.32 Å². The van der Waals surface area contributed by atoms with E-state index in [1.165, 1.54) is 0 Å². The van der Waals surface area contributed by atoms with E-state index in [0.717, 1.165) is 42.7 Å². The highest BCUT2D eigenvalue weighted by atomic mass is 15.1. The lowest BCUT2D eigenvalue weighted by atomic mass is 10.0. The first kappa shape index (κ1) is 15.5. The molecule has 0 aliphatic heterocycles. The van der Waals surface area contributed by atoms with E-state index in [4.69, 9.17) is 4.98 Å². The van der Waals surface area contributed by atoms with E-state index in [0.29, 0.717) is 6.54 Å². The number of nitrogens with one attached hydrogen (secondary N) is 1. The Morgan fingerprint density at radius 1 is 1.29 bits per heavy atom. The molecule has 0 amide bonds. The average molecular weight is 284 g/mol. The molecule has 0 saturated heterocycles. The van der Waals surface area contributed by atoms with Crippen molar-refractivity contribution in [2.24, 2.45) is 0 Å². The van der Waals surface area contributed by atoms with Crippen LogP contribution in [0.1, 0.15) is 39.4 Å². The molecule has 1 atom stereocenters. The van der Waals surface area contributed by atoms with Crippen LogP contribution in [0.25, 0.3) is 11.0 Å². The summed E-state index contributed by atoms with van der Waals surface area (Å²) in [5.41, 5.74) is 1.56. The quantitative estimate of drug-likeness (QED) is 0.849. The molecule has 4 heteroatoms. The topological polar surface area (TPSA) is 53.6 Å². The Morgan fingerprint density at radius 3 is 2.71 bits per heavy atom. The van der Waals surface area contributed by atoms with Crippen LogP contribution in [0.5, 0.6) is 0 Å². The van der Waals surface area contributed by atoms with E-state index in [1.54, 1.807) is 0 Å². The van der Waals surface area contributed by atoms with Crippen molar-refractivity contribution >= 4 is 11.0 Å². The van der Waals surface area contributed by atoms with Gasteiger partial charge in [-0.25, -0.2) is 4.98 Å². The molecular formula is C17H24N4. The van der Waals surface area contributed by atoms with Crippen LogP contribution < -0.4 is 5.32 Å². The number of para-hydroxylation sites is 2. The molecule has 1 aromatic carbocycles. The minimum atomic E-state index is -0.567. The smallest absolute Gasteiger partial charge is 0.122 e. The van der Waals surface area contributed by atoms with Gasteiger partial charge in [-0.1, -0.05) is 26.0 Å². The van der Waals surface area contributed by atoms with Crippen molar-refractivity contribution in [2.75, 3.05) is 6.54 Å². The van der Waals surface area contributed by atoms with Crippen LogP contribution in [0.2, 0.25) is 0 Å². The number of nitrogens with zero attached hydrogens (tertiary/aromatic N) is 3. The molecule has 112 valence electrons. The lowest BCUT2D eigenvalue weighted by molar-refractivity contribution is 0.387. The zero-order valence-corrected chi connectivity index (χ0v) is 13.2. The molecular weight excluding hydrogens is 260 g/mol. The Morgan fingerprint density at radius 2 is 2.05 bits per heavy atom. The van der Waals surface area contributed by atoms with Gasteiger partial charge in [-0.2, -0.15) is 5.26 Å². The lowest BCUT2D eigenvalue weighted by Gasteiger charge is -2.25. The number of nitriles is 1. The molecule has 0 saturated carbocycles. The molecule has 1 heterocycles. The van der Waals surface area contributed by atoms with Crippen LogP contribution in [0.3, 0.4) is 0 Å². The predicted octanol–water partition coefficient (Wildman–Crippen LogP) is 3.27. The standard InChI is InChI=1S/C17H24N4/c1-4-8-16-20-14-9-6-7-10-15(14)21(16)13-17(3,12-18)19-11-5-2/h6-7,9-10,19H,4-5,8,11,13H2,1-3H3. The largest absolute Gasteiger partial charge is 0.325 e. The van der Waals surface area contributed by atoms with Crippen LogP contribution >= 0.6 is 0 Å². The third kappa shape index (κ3) is 3.43. The van der Waals surface area contributed by atoms with Gasteiger partial charge in [0, 0.05) is 6.42 Å². The van der Waals surface area contributed by atoms with Gasteiger partial charge in [-0.15, -0.1) is 0 Å². The van der Waals surface area contributed by atoms with E-state index in [-0.39, 0.29) is 0 Å². The van der Waals surface area contributed by atoms with E-state index in [9.17, 15) is 5.26 Å². The van der Waals surface area contributed by atoms with Crippen molar-refractivity contribution in [1.29, 1.82) is 5.26 Å². The summed E-state index contributed by atoms with van der Waals surface area (Å²) in [7, 11) is 0. The summed E-state index contributed by atoms with van der Waals surface area (Å²) in [4.78, 5) is 4.73. The first-order valence-electron chi connectivity index (χ1n) is 7.74. The van der Waals surface area contributed by atoms with Gasteiger partial charge in [0.15, 0.2) is 0 Å². The maximum Gasteiger partial charge on any atom is 0.122 e. The number of hydrogen-bond donors (Lipinski definition) is 1. The van der Waals surface area contributed by atoms with Crippen LogP contribution in [0, 0.1) is 11.3 Å². The lowest BCUT2D eigenvalue weighted by Crippen LogP contribution is -2.45. The SMILES string of the molecule is CCCNC(C)(C#N)Cn1c(CCC)nc2ccccc21. The van der Waals surface area contributed by atoms with E-state index in [1.807, 2.05) is 25.1 Å². The zero-order valence-electron chi connectivity index (χ0n) is 13.2. The average Bonchev–Trinajstić information content (AvgIpc) is 2.83. The highest BCUT2D eigenvalue weighted by Gasteiger charge is 2.25. The molecule has 0 fully saturated rings. The molecule has 2 rings (SSSR count). The Balaban J connectivity index is 2.39. The van der Waals surface area contributed by atoms with E-state index >= 15 is 0 Å². The highest BCUT2D eigenvalue weighted by molar-refractivity contribution is 5.76. The maximum absolute atomic E-state index is 9.56. The molecule has 1 aromatic heterocycles. The zero-order chi connectivity index (χ0) is 15.3. The molecule has 21 heavy (non-hydrogen) atoms. The molecule has 0 bridgehead atoms. The Bertz CT molecular complexity index is 638. The number of imidazole rings is 1. The van der Waals surface area contributed by atoms with Crippen LogP contribution in [-0.4, -0.2) is 21.6 Å². The van der Waals surface area contributed by atoms with Gasteiger partial charge in [0.1, 0.15) is 11.4 Å². The van der Waals surface area contributed by atoms with Crippen molar-refractivity contribution in [3.63, 3.8) is 0 Å². The Hall–Kier alpha value is -1.86. The minimum absolute atomic E-state index is 0.567. The van der Waals surface area contributed by atoms with Gasteiger partial charge >= 0.3 is 0 Å². The molecule has 0 aliphatic rings. The molecule has 4 nitrogen and oxygen atoms in total. The first-order chi connectivity index (χ1) is 10.1. The summed E-state index contributed by atoms with van der Waals surface area (Å²) in [5, 5.41) is 12.9. The highest BCUT2D eigenvalue weighted by Crippen LogP contribution is 2.20. The summed E-state index contributed by atoms with van der Waals surface area (Å²) < 4.78 is 2.20. The summed E-state index contributed by atoms with van der Waals surface area (Å²) in [5.74, 6) is 1.07. The number of hydrogen-bond acceptors (Lipinski definition) is 3. The fraction of sp³-hybridized carbons (Fsp3) is 0.529. The monoisotopic (exact) mass is 284 g/mol. The molecule has 1 N–H and O–H groups in total. The third-order valence-corrected chi connectivity index (χ3v) is 3.69. The van der Waals surface area contributed by atoms with Crippen LogP contribution in [-0.2, 0) is 13.0 Å². The predicted molar refractivity (Wildman–Crippen MR) is 86.0 cm³/mol. The fourth-order valence-electron chi connectivity index (χ4n) is 2.56. The fourth-order valence-corrected chi connectivity index (χ4v) is 2.56. The van der Waals surface area contributed by atoms with Crippen molar-refractivity contribution in [3.8, 4) is 6.07 Å². The van der Waals surface area contributed by atoms with E-state index < -0.39 is 5.54 Å². The number of rotatable bonds is 7. The molecule has 0 radical (unpaired) electrons. The van der Waals surface area contributed by atoms with Gasteiger partial charge in [0.25, 0.3) is 0 Å². The van der Waals surface area contributed by atoms with Crippen molar-refractivity contribution in [2.45, 2.75) is 52.1 Å². The van der Waals surface area contributed by atoms with Crippen LogP contribution in [0.15, 0.2) is 24.3 Å². The number of aromatic nitrogens is 2. The van der Waals surface area contributed by atoms with E-state index in [2.05, 4.69) is 35.9 Å². The Labute approximate surface area is 126 Å². The van der Waals surface area contributed by atoms with Crippen molar-refractivity contribution < 1.29 is 0 Å². The summed E-state index contributed by atoms with van der Waals surface area (Å²) >= 11 is 0. The number of aryl methyl sites for hydroxylation is 1. The summed E-state index contributed by atoms with van der Waals surface area (Å²) in [6.45, 7) is 7.70. The van der Waals surface area contributed by atoms with Gasteiger partial charge < -0.3 is 4.57 Å². The second-order valence-corrected chi connectivity index (χ2v) is 5.72.